The maximum atomic E-state index is 13.7. The molecule has 1 aliphatic heterocycles. The van der Waals surface area contributed by atoms with Gasteiger partial charge >= 0.3 is 0 Å². The van der Waals surface area contributed by atoms with Gasteiger partial charge in [-0.05, 0) is 23.8 Å². The lowest BCUT2D eigenvalue weighted by molar-refractivity contribution is 0.284. The third-order valence-corrected chi connectivity index (χ3v) is 5.47. The minimum Gasteiger partial charge on any atom is -0.352 e. The summed E-state index contributed by atoms with van der Waals surface area (Å²) in [7, 11) is 0. The standard InChI is InChI=1S/C23H22FN5/c24-18-8-9-20-19(15-18)21-22(27-20)23(26-16-25-21)29-13-11-28(12-14-29)10-4-7-17-5-2-1-3-6-17/h1-9,15-16,27H,10-14H2/b7-4+. The van der Waals surface area contributed by atoms with Gasteiger partial charge in [-0.2, -0.15) is 0 Å². The van der Waals surface area contributed by atoms with Gasteiger partial charge in [0.2, 0.25) is 0 Å². The summed E-state index contributed by atoms with van der Waals surface area (Å²) >= 11 is 0. The number of H-pyrrole nitrogens is 1. The highest BCUT2D eigenvalue weighted by molar-refractivity contribution is 6.08. The van der Waals surface area contributed by atoms with Crippen molar-refractivity contribution in [3.8, 4) is 0 Å². The zero-order chi connectivity index (χ0) is 19.6. The molecule has 1 N–H and O–H groups in total. The van der Waals surface area contributed by atoms with Crippen molar-refractivity contribution in [2.75, 3.05) is 37.6 Å². The van der Waals surface area contributed by atoms with Gasteiger partial charge in [-0.1, -0.05) is 42.5 Å². The van der Waals surface area contributed by atoms with Gasteiger partial charge in [0, 0.05) is 43.6 Å². The number of nitrogens with one attached hydrogen (secondary N) is 1. The van der Waals surface area contributed by atoms with Crippen LogP contribution in [0.4, 0.5) is 10.2 Å². The van der Waals surface area contributed by atoms with Crippen molar-refractivity contribution in [3.05, 3.63) is 72.3 Å². The van der Waals surface area contributed by atoms with E-state index in [1.807, 2.05) is 6.07 Å². The van der Waals surface area contributed by atoms with E-state index in [1.165, 1.54) is 17.7 Å². The van der Waals surface area contributed by atoms with E-state index in [9.17, 15) is 4.39 Å². The highest BCUT2D eigenvalue weighted by Gasteiger charge is 2.21. The van der Waals surface area contributed by atoms with Gasteiger partial charge < -0.3 is 9.88 Å². The molecule has 2 aromatic heterocycles. The number of halogens is 1. The van der Waals surface area contributed by atoms with Crippen LogP contribution >= 0.6 is 0 Å². The number of aromatic amines is 1. The van der Waals surface area contributed by atoms with Crippen molar-refractivity contribution in [2.24, 2.45) is 0 Å². The van der Waals surface area contributed by atoms with Crippen molar-refractivity contribution in [2.45, 2.75) is 0 Å². The van der Waals surface area contributed by atoms with E-state index in [2.05, 4.69) is 61.2 Å². The molecule has 0 radical (unpaired) electrons. The molecule has 146 valence electrons. The molecule has 6 heteroatoms. The molecular formula is C23H22FN5. The van der Waals surface area contributed by atoms with Crippen LogP contribution in [0.1, 0.15) is 5.56 Å². The fourth-order valence-corrected chi connectivity index (χ4v) is 3.94. The fraction of sp³-hybridized carbons (Fsp3) is 0.217. The molecule has 2 aromatic carbocycles. The molecule has 0 bridgehead atoms. The first-order valence-electron chi connectivity index (χ1n) is 9.89. The van der Waals surface area contributed by atoms with Crippen molar-refractivity contribution in [3.63, 3.8) is 0 Å². The van der Waals surface area contributed by atoms with Crippen LogP contribution in [-0.2, 0) is 0 Å². The Labute approximate surface area is 168 Å². The second kappa shape index (κ2) is 7.64. The Morgan fingerprint density at radius 3 is 2.66 bits per heavy atom. The molecule has 0 spiro atoms. The average molecular weight is 387 g/mol. The number of hydrogen-bond acceptors (Lipinski definition) is 4. The summed E-state index contributed by atoms with van der Waals surface area (Å²) in [6.07, 6.45) is 5.97. The molecule has 1 saturated heterocycles. The largest absolute Gasteiger partial charge is 0.352 e. The van der Waals surface area contributed by atoms with Gasteiger partial charge in [0.1, 0.15) is 23.2 Å². The van der Waals surface area contributed by atoms with E-state index in [0.29, 0.717) is 0 Å². The van der Waals surface area contributed by atoms with Crippen LogP contribution < -0.4 is 4.90 Å². The molecule has 0 amide bonds. The second-order valence-corrected chi connectivity index (χ2v) is 7.34. The molecule has 1 fully saturated rings. The van der Waals surface area contributed by atoms with Crippen LogP contribution in [0.25, 0.3) is 28.0 Å². The lowest BCUT2D eigenvalue weighted by Crippen LogP contribution is -2.46. The maximum Gasteiger partial charge on any atom is 0.156 e. The summed E-state index contributed by atoms with van der Waals surface area (Å²) < 4.78 is 13.7. The van der Waals surface area contributed by atoms with Gasteiger partial charge in [0.05, 0.1) is 0 Å². The average Bonchev–Trinajstić information content (AvgIpc) is 3.13. The molecule has 5 rings (SSSR count). The van der Waals surface area contributed by atoms with Gasteiger partial charge in [-0.15, -0.1) is 0 Å². The fourth-order valence-electron chi connectivity index (χ4n) is 3.94. The molecule has 5 nitrogen and oxygen atoms in total. The van der Waals surface area contributed by atoms with Crippen LogP contribution in [0.15, 0.2) is 60.9 Å². The quantitative estimate of drug-likeness (QED) is 0.573. The Bertz CT molecular complexity index is 1160. The second-order valence-electron chi connectivity index (χ2n) is 7.34. The Morgan fingerprint density at radius 2 is 1.83 bits per heavy atom. The van der Waals surface area contributed by atoms with Gasteiger partial charge in [-0.3, -0.25) is 4.90 Å². The molecule has 3 heterocycles. The highest BCUT2D eigenvalue weighted by Crippen LogP contribution is 2.30. The van der Waals surface area contributed by atoms with Crippen LogP contribution in [-0.4, -0.2) is 52.6 Å². The number of aromatic nitrogens is 3. The lowest BCUT2D eigenvalue weighted by Gasteiger charge is -2.34. The molecule has 1 aliphatic rings. The van der Waals surface area contributed by atoms with E-state index >= 15 is 0 Å². The number of fused-ring (bicyclic) bond motifs is 3. The minimum absolute atomic E-state index is 0.254. The van der Waals surface area contributed by atoms with Crippen molar-refractivity contribution >= 4 is 33.8 Å². The number of hydrogen-bond donors (Lipinski definition) is 1. The summed E-state index contributed by atoms with van der Waals surface area (Å²) in [4.78, 5) is 17.0. The SMILES string of the molecule is Fc1ccc2[nH]c3c(N4CCN(C/C=C/c5ccccc5)CC4)ncnc3c2c1. The zero-order valence-electron chi connectivity index (χ0n) is 16.1. The maximum absolute atomic E-state index is 13.7. The number of piperazine rings is 1. The Balaban J connectivity index is 1.30. The first-order chi connectivity index (χ1) is 14.3. The first kappa shape index (κ1) is 17.8. The highest BCUT2D eigenvalue weighted by atomic mass is 19.1. The summed E-state index contributed by atoms with van der Waals surface area (Å²) in [5, 5.41) is 0.799. The monoisotopic (exact) mass is 387 g/mol. The van der Waals surface area contributed by atoms with E-state index in [-0.39, 0.29) is 5.82 Å². The third kappa shape index (κ3) is 3.59. The van der Waals surface area contributed by atoms with Crippen molar-refractivity contribution in [1.82, 2.24) is 19.9 Å². The van der Waals surface area contributed by atoms with E-state index < -0.39 is 0 Å². The molecule has 4 aromatic rings. The number of benzene rings is 2. The Hall–Kier alpha value is -3.25. The Kier molecular flexibility index (Phi) is 4.69. The topological polar surface area (TPSA) is 48.1 Å². The predicted molar refractivity (Wildman–Crippen MR) is 115 cm³/mol. The molecule has 0 saturated carbocycles. The Morgan fingerprint density at radius 1 is 1.00 bits per heavy atom. The van der Waals surface area contributed by atoms with Crippen molar-refractivity contribution in [1.29, 1.82) is 0 Å². The summed E-state index contributed by atoms with van der Waals surface area (Å²) in [6, 6.07) is 15.1. The van der Waals surface area contributed by atoms with Gasteiger partial charge in [0.15, 0.2) is 5.82 Å². The van der Waals surface area contributed by atoms with Crippen LogP contribution in [0.5, 0.6) is 0 Å². The first-order valence-corrected chi connectivity index (χ1v) is 9.89. The van der Waals surface area contributed by atoms with Gasteiger partial charge in [0.25, 0.3) is 0 Å². The lowest BCUT2D eigenvalue weighted by atomic mass is 10.2. The third-order valence-electron chi connectivity index (χ3n) is 5.47. The van der Waals surface area contributed by atoms with Crippen molar-refractivity contribution < 1.29 is 4.39 Å². The minimum atomic E-state index is -0.254. The summed E-state index contributed by atoms with van der Waals surface area (Å²) in [6.45, 7) is 4.68. The summed E-state index contributed by atoms with van der Waals surface area (Å²) in [5.74, 6) is 0.641. The van der Waals surface area contributed by atoms with E-state index in [1.54, 1.807) is 12.4 Å². The van der Waals surface area contributed by atoms with Crippen LogP contribution in [0.3, 0.4) is 0 Å². The van der Waals surface area contributed by atoms with E-state index in [0.717, 1.165) is 60.5 Å². The molecule has 29 heavy (non-hydrogen) atoms. The molecule has 0 aliphatic carbocycles. The predicted octanol–water partition coefficient (Wildman–Crippen LogP) is 4.09. The molecule has 0 unspecified atom stereocenters. The summed E-state index contributed by atoms with van der Waals surface area (Å²) in [5.41, 5.74) is 3.76. The molecular weight excluding hydrogens is 365 g/mol. The number of rotatable bonds is 4. The normalized spacial score (nSPS) is 15.7. The van der Waals surface area contributed by atoms with E-state index in [4.69, 9.17) is 0 Å². The smallest absolute Gasteiger partial charge is 0.156 e. The zero-order valence-corrected chi connectivity index (χ0v) is 16.1. The molecule has 0 atom stereocenters. The van der Waals surface area contributed by atoms with Crippen LogP contribution in [0, 0.1) is 5.82 Å². The van der Waals surface area contributed by atoms with Crippen LogP contribution in [0.2, 0.25) is 0 Å². The number of anilines is 1. The van der Waals surface area contributed by atoms with Gasteiger partial charge in [-0.25, -0.2) is 14.4 Å². The number of nitrogens with zero attached hydrogens (tertiary/aromatic N) is 4.